The highest BCUT2D eigenvalue weighted by molar-refractivity contribution is 5.55. The van der Waals surface area contributed by atoms with Crippen molar-refractivity contribution >= 4 is 5.69 Å². The molecule has 2 heteroatoms. The molecule has 2 rings (SSSR count). The maximum absolute atomic E-state index is 6.22. The monoisotopic (exact) mass is 246 g/mol. The minimum absolute atomic E-state index is 0.169. The van der Waals surface area contributed by atoms with Crippen molar-refractivity contribution in [1.82, 2.24) is 0 Å². The fourth-order valence-corrected chi connectivity index (χ4v) is 2.80. The normalized spacial score (nSPS) is 24.9. The zero-order chi connectivity index (χ0) is 13.2. The molecule has 1 aromatic carbocycles. The first-order valence-corrected chi connectivity index (χ1v) is 7.10. The molecule has 0 radical (unpaired) electrons. The summed E-state index contributed by atoms with van der Waals surface area (Å²) in [4.78, 5) is 0. The van der Waals surface area contributed by atoms with E-state index in [1.807, 2.05) is 0 Å². The molecule has 1 aliphatic carbocycles. The summed E-state index contributed by atoms with van der Waals surface area (Å²) in [6.45, 7) is 6.77. The average Bonchev–Trinajstić information content (AvgIpc) is 2.31. The van der Waals surface area contributed by atoms with Crippen molar-refractivity contribution in [3.05, 3.63) is 29.8 Å². The highest BCUT2D eigenvalue weighted by atomic mass is 15.0. The summed E-state index contributed by atoms with van der Waals surface area (Å²) in [7, 11) is 0. The number of para-hydroxylation sites is 1. The molecule has 2 unspecified atom stereocenters. The Morgan fingerprint density at radius 2 is 1.78 bits per heavy atom. The third kappa shape index (κ3) is 3.05. The summed E-state index contributed by atoms with van der Waals surface area (Å²) < 4.78 is 0. The highest BCUT2D eigenvalue weighted by Crippen LogP contribution is 2.31. The summed E-state index contributed by atoms with van der Waals surface area (Å²) in [5, 5.41) is 3.68. The van der Waals surface area contributed by atoms with Crippen molar-refractivity contribution in [3.63, 3.8) is 0 Å². The molecule has 0 amide bonds. The van der Waals surface area contributed by atoms with Gasteiger partial charge in [0.1, 0.15) is 0 Å². The molecule has 0 aliphatic heterocycles. The molecule has 1 fully saturated rings. The molecule has 2 nitrogen and oxygen atoms in total. The van der Waals surface area contributed by atoms with Gasteiger partial charge in [-0.1, -0.05) is 51.8 Å². The molecule has 1 saturated carbocycles. The zero-order valence-electron chi connectivity index (χ0n) is 11.9. The van der Waals surface area contributed by atoms with E-state index < -0.39 is 0 Å². The van der Waals surface area contributed by atoms with Crippen LogP contribution >= 0.6 is 0 Å². The van der Waals surface area contributed by atoms with E-state index in [1.165, 1.54) is 30.5 Å². The number of hydrogen-bond acceptors (Lipinski definition) is 2. The van der Waals surface area contributed by atoms with E-state index in [0.717, 1.165) is 6.42 Å². The van der Waals surface area contributed by atoms with Gasteiger partial charge in [0.2, 0.25) is 0 Å². The lowest BCUT2D eigenvalue weighted by molar-refractivity contribution is 0.403. The fraction of sp³-hybridized carbons (Fsp3) is 0.625. The van der Waals surface area contributed by atoms with Gasteiger partial charge in [-0.05, 0) is 29.9 Å². The molecule has 1 aliphatic rings. The average molecular weight is 246 g/mol. The Labute approximate surface area is 111 Å². The van der Waals surface area contributed by atoms with Gasteiger partial charge in [0.25, 0.3) is 0 Å². The minimum Gasteiger partial charge on any atom is -0.381 e. The van der Waals surface area contributed by atoms with Gasteiger partial charge in [-0.25, -0.2) is 0 Å². The van der Waals surface area contributed by atoms with Crippen LogP contribution in [-0.4, -0.2) is 12.1 Å². The minimum atomic E-state index is 0.169. The van der Waals surface area contributed by atoms with Crippen LogP contribution in [0, 0.1) is 0 Å². The highest BCUT2D eigenvalue weighted by Gasteiger charge is 2.24. The van der Waals surface area contributed by atoms with Crippen molar-refractivity contribution in [1.29, 1.82) is 0 Å². The van der Waals surface area contributed by atoms with Gasteiger partial charge >= 0.3 is 0 Å². The summed E-state index contributed by atoms with van der Waals surface area (Å²) >= 11 is 0. The summed E-state index contributed by atoms with van der Waals surface area (Å²) in [6.07, 6.45) is 4.91. The lowest BCUT2D eigenvalue weighted by atomic mass is 9.84. The van der Waals surface area contributed by atoms with Crippen LogP contribution in [0.1, 0.15) is 52.0 Å². The Kier molecular flexibility index (Phi) is 3.96. The summed E-state index contributed by atoms with van der Waals surface area (Å²) in [5.74, 6) is 0. The van der Waals surface area contributed by atoms with Crippen molar-refractivity contribution in [2.75, 3.05) is 5.32 Å². The second-order valence-corrected chi connectivity index (χ2v) is 6.49. The van der Waals surface area contributed by atoms with E-state index in [9.17, 15) is 0 Å². The van der Waals surface area contributed by atoms with E-state index in [1.54, 1.807) is 0 Å². The van der Waals surface area contributed by atoms with Crippen LogP contribution < -0.4 is 11.1 Å². The van der Waals surface area contributed by atoms with E-state index >= 15 is 0 Å². The van der Waals surface area contributed by atoms with Crippen LogP contribution in [0.25, 0.3) is 0 Å². The molecule has 0 aromatic heterocycles. The van der Waals surface area contributed by atoms with Gasteiger partial charge in [0.05, 0.1) is 0 Å². The predicted molar refractivity (Wildman–Crippen MR) is 79.0 cm³/mol. The first kappa shape index (κ1) is 13.4. The fourth-order valence-electron chi connectivity index (χ4n) is 2.80. The molecule has 100 valence electrons. The van der Waals surface area contributed by atoms with Gasteiger partial charge < -0.3 is 11.1 Å². The van der Waals surface area contributed by atoms with Crippen molar-refractivity contribution in [2.24, 2.45) is 5.73 Å². The third-order valence-electron chi connectivity index (χ3n) is 3.90. The van der Waals surface area contributed by atoms with Crippen molar-refractivity contribution < 1.29 is 0 Å². The van der Waals surface area contributed by atoms with Crippen LogP contribution in [0.5, 0.6) is 0 Å². The van der Waals surface area contributed by atoms with Crippen LogP contribution in [0.4, 0.5) is 5.69 Å². The molecule has 0 spiro atoms. The summed E-state index contributed by atoms with van der Waals surface area (Å²) in [6, 6.07) is 9.35. The quantitative estimate of drug-likeness (QED) is 0.835. The molecule has 18 heavy (non-hydrogen) atoms. The van der Waals surface area contributed by atoms with Gasteiger partial charge in [0.15, 0.2) is 0 Å². The zero-order valence-corrected chi connectivity index (χ0v) is 11.9. The standard InChI is InChI=1S/C16H26N2/c1-16(2,3)12-8-4-6-10-14(12)18-15-11-7-5-9-13(15)17/h4,6,8,10,13,15,18H,5,7,9,11,17H2,1-3H3. The van der Waals surface area contributed by atoms with Gasteiger partial charge in [-0.15, -0.1) is 0 Å². The second kappa shape index (κ2) is 5.31. The topological polar surface area (TPSA) is 38.0 Å². The second-order valence-electron chi connectivity index (χ2n) is 6.49. The van der Waals surface area contributed by atoms with Crippen LogP contribution in [-0.2, 0) is 5.41 Å². The van der Waals surface area contributed by atoms with Crippen molar-refractivity contribution in [2.45, 2.75) is 64.0 Å². The third-order valence-corrected chi connectivity index (χ3v) is 3.90. The van der Waals surface area contributed by atoms with E-state index in [-0.39, 0.29) is 5.41 Å². The first-order chi connectivity index (χ1) is 8.48. The molecule has 1 aromatic rings. The molecule has 0 heterocycles. The molecular weight excluding hydrogens is 220 g/mol. The Morgan fingerprint density at radius 1 is 1.11 bits per heavy atom. The van der Waals surface area contributed by atoms with Gasteiger partial charge in [-0.3, -0.25) is 0 Å². The van der Waals surface area contributed by atoms with E-state index in [0.29, 0.717) is 12.1 Å². The molecular formula is C16H26N2. The van der Waals surface area contributed by atoms with E-state index in [4.69, 9.17) is 5.73 Å². The number of anilines is 1. The Balaban J connectivity index is 2.18. The SMILES string of the molecule is CC(C)(C)c1ccccc1NC1CCCCC1N. The number of benzene rings is 1. The van der Waals surface area contributed by atoms with Crippen molar-refractivity contribution in [3.8, 4) is 0 Å². The summed E-state index contributed by atoms with van der Waals surface area (Å²) in [5.41, 5.74) is 9.03. The van der Waals surface area contributed by atoms with Crippen LogP contribution in [0.2, 0.25) is 0 Å². The predicted octanol–water partition coefficient (Wildman–Crippen LogP) is 3.67. The number of rotatable bonds is 2. The number of nitrogens with two attached hydrogens (primary N) is 1. The van der Waals surface area contributed by atoms with Gasteiger partial charge in [0, 0.05) is 17.8 Å². The van der Waals surface area contributed by atoms with Crippen LogP contribution in [0.15, 0.2) is 24.3 Å². The number of nitrogens with one attached hydrogen (secondary N) is 1. The largest absolute Gasteiger partial charge is 0.381 e. The molecule has 0 bridgehead atoms. The molecule has 2 atom stereocenters. The lowest BCUT2D eigenvalue weighted by Gasteiger charge is -2.32. The van der Waals surface area contributed by atoms with Crippen LogP contribution in [0.3, 0.4) is 0 Å². The molecule has 0 saturated heterocycles. The first-order valence-electron chi connectivity index (χ1n) is 7.10. The van der Waals surface area contributed by atoms with Gasteiger partial charge in [-0.2, -0.15) is 0 Å². The Bertz CT molecular complexity index is 392. The molecule has 3 N–H and O–H groups in total. The lowest BCUT2D eigenvalue weighted by Crippen LogP contribution is -2.43. The maximum Gasteiger partial charge on any atom is 0.0412 e. The van der Waals surface area contributed by atoms with E-state index in [2.05, 4.69) is 50.4 Å². The Hall–Kier alpha value is -1.02. The Morgan fingerprint density at radius 3 is 2.44 bits per heavy atom. The maximum atomic E-state index is 6.22. The smallest absolute Gasteiger partial charge is 0.0412 e. The number of hydrogen-bond donors (Lipinski definition) is 2.